The lowest BCUT2D eigenvalue weighted by molar-refractivity contribution is -0.134. The Balaban J connectivity index is 2.68. The third-order valence-electron chi connectivity index (χ3n) is 4.75. The molecule has 18 heavy (non-hydrogen) atoms. The maximum absolute atomic E-state index is 12.5. The summed E-state index contributed by atoms with van der Waals surface area (Å²) in [6, 6.07) is 0.174. The van der Waals surface area contributed by atoms with E-state index in [1.807, 2.05) is 0 Å². The highest BCUT2D eigenvalue weighted by molar-refractivity contribution is 5.83. The van der Waals surface area contributed by atoms with E-state index in [0.29, 0.717) is 6.54 Å². The highest BCUT2D eigenvalue weighted by Crippen LogP contribution is 2.38. The second kappa shape index (κ2) is 5.60. The predicted molar refractivity (Wildman–Crippen MR) is 76.2 cm³/mol. The van der Waals surface area contributed by atoms with Crippen LogP contribution in [0.1, 0.15) is 60.3 Å². The number of rotatable bonds is 3. The topological polar surface area (TPSA) is 55.1 Å². The van der Waals surface area contributed by atoms with Crippen LogP contribution in [-0.4, -0.2) is 18.5 Å². The van der Waals surface area contributed by atoms with Crippen molar-refractivity contribution in [1.29, 1.82) is 0 Å². The van der Waals surface area contributed by atoms with Crippen molar-refractivity contribution in [1.82, 2.24) is 5.32 Å². The molecule has 0 radical (unpaired) electrons. The van der Waals surface area contributed by atoms with Crippen LogP contribution in [0.3, 0.4) is 0 Å². The lowest BCUT2D eigenvalue weighted by Gasteiger charge is -2.39. The second-order valence-corrected chi connectivity index (χ2v) is 7.23. The van der Waals surface area contributed by atoms with Gasteiger partial charge in [-0.3, -0.25) is 4.79 Å². The molecule has 3 heteroatoms. The van der Waals surface area contributed by atoms with Gasteiger partial charge in [-0.2, -0.15) is 0 Å². The quantitative estimate of drug-likeness (QED) is 0.813. The number of hydrogen-bond acceptors (Lipinski definition) is 2. The number of carbonyl (C=O) groups is 1. The zero-order valence-electron chi connectivity index (χ0n) is 12.7. The standard InChI is InChI=1S/C15H30N2O/c1-11-6-8-15(10-16,9-7-11)13(18)17-12(2)14(3,4)5/h11-12H,6-10,16H2,1-5H3,(H,17,18). The minimum Gasteiger partial charge on any atom is -0.353 e. The van der Waals surface area contributed by atoms with Crippen molar-refractivity contribution in [3.63, 3.8) is 0 Å². The molecule has 1 saturated carbocycles. The summed E-state index contributed by atoms with van der Waals surface area (Å²) in [7, 11) is 0. The molecule has 0 aromatic rings. The Bertz CT molecular complexity index is 285. The first kappa shape index (κ1) is 15.5. The highest BCUT2D eigenvalue weighted by atomic mass is 16.2. The van der Waals surface area contributed by atoms with Crippen LogP contribution in [0.15, 0.2) is 0 Å². The third-order valence-corrected chi connectivity index (χ3v) is 4.75. The van der Waals surface area contributed by atoms with Crippen molar-refractivity contribution < 1.29 is 4.79 Å². The van der Waals surface area contributed by atoms with E-state index in [4.69, 9.17) is 5.73 Å². The van der Waals surface area contributed by atoms with Crippen LogP contribution in [0.25, 0.3) is 0 Å². The molecule has 1 rings (SSSR count). The molecular weight excluding hydrogens is 224 g/mol. The summed E-state index contributed by atoms with van der Waals surface area (Å²) in [4.78, 5) is 12.5. The lowest BCUT2D eigenvalue weighted by Crippen LogP contribution is -2.52. The fourth-order valence-electron chi connectivity index (χ4n) is 2.40. The van der Waals surface area contributed by atoms with Gasteiger partial charge in [0.2, 0.25) is 5.91 Å². The van der Waals surface area contributed by atoms with Gasteiger partial charge in [-0.15, -0.1) is 0 Å². The van der Waals surface area contributed by atoms with Crippen molar-refractivity contribution in [3.8, 4) is 0 Å². The predicted octanol–water partition coefficient (Wildman–Crippen LogP) is 2.69. The molecule has 1 fully saturated rings. The van der Waals surface area contributed by atoms with Gasteiger partial charge in [-0.05, 0) is 43.9 Å². The molecule has 0 bridgehead atoms. The molecule has 1 aliphatic carbocycles. The van der Waals surface area contributed by atoms with Gasteiger partial charge in [0.25, 0.3) is 0 Å². The number of amides is 1. The van der Waals surface area contributed by atoms with E-state index < -0.39 is 0 Å². The minimum atomic E-state index is -0.313. The number of nitrogens with one attached hydrogen (secondary N) is 1. The van der Waals surface area contributed by atoms with Crippen molar-refractivity contribution in [2.45, 2.75) is 66.3 Å². The first-order valence-electron chi connectivity index (χ1n) is 7.22. The van der Waals surface area contributed by atoms with E-state index in [1.54, 1.807) is 0 Å². The monoisotopic (exact) mass is 254 g/mol. The maximum atomic E-state index is 12.5. The largest absolute Gasteiger partial charge is 0.353 e. The van der Waals surface area contributed by atoms with E-state index in [2.05, 4.69) is 39.9 Å². The molecule has 0 aromatic carbocycles. The number of carbonyl (C=O) groups excluding carboxylic acids is 1. The van der Waals surface area contributed by atoms with E-state index in [-0.39, 0.29) is 22.8 Å². The van der Waals surface area contributed by atoms with Crippen LogP contribution < -0.4 is 11.1 Å². The van der Waals surface area contributed by atoms with Crippen LogP contribution in [0.4, 0.5) is 0 Å². The van der Waals surface area contributed by atoms with E-state index in [9.17, 15) is 4.79 Å². The van der Waals surface area contributed by atoms with Crippen molar-refractivity contribution >= 4 is 5.91 Å². The Hall–Kier alpha value is -0.570. The Morgan fingerprint density at radius 1 is 1.39 bits per heavy atom. The van der Waals surface area contributed by atoms with Crippen LogP contribution in [-0.2, 0) is 4.79 Å². The number of nitrogens with two attached hydrogens (primary N) is 1. The van der Waals surface area contributed by atoms with Gasteiger partial charge in [0, 0.05) is 12.6 Å². The number of hydrogen-bond donors (Lipinski definition) is 2. The van der Waals surface area contributed by atoms with Gasteiger partial charge in [-0.1, -0.05) is 27.7 Å². The van der Waals surface area contributed by atoms with E-state index in [0.717, 1.165) is 31.6 Å². The summed E-state index contributed by atoms with van der Waals surface area (Å²) < 4.78 is 0. The molecule has 3 nitrogen and oxygen atoms in total. The fraction of sp³-hybridized carbons (Fsp3) is 0.933. The summed E-state index contributed by atoms with van der Waals surface area (Å²) in [5.41, 5.74) is 5.69. The summed E-state index contributed by atoms with van der Waals surface area (Å²) in [5, 5.41) is 3.18. The molecule has 106 valence electrons. The first-order chi connectivity index (χ1) is 8.21. The normalized spacial score (nSPS) is 30.9. The maximum Gasteiger partial charge on any atom is 0.227 e. The summed E-state index contributed by atoms with van der Waals surface area (Å²) in [5.74, 6) is 0.900. The molecule has 0 aliphatic heterocycles. The van der Waals surface area contributed by atoms with E-state index in [1.165, 1.54) is 0 Å². The SMILES string of the molecule is CC1CCC(CN)(C(=O)NC(C)C(C)(C)C)CC1. The molecule has 1 unspecified atom stereocenters. The molecule has 0 heterocycles. The zero-order valence-corrected chi connectivity index (χ0v) is 12.7. The minimum absolute atomic E-state index is 0.0907. The summed E-state index contributed by atoms with van der Waals surface area (Å²) in [6.07, 6.45) is 4.11. The summed E-state index contributed by atoms with van der Waals surface area (Å²) in [6.45, 7) is 11.3. The van der Waals surface area contributed by atoms with Crippen LogP contribution >= 0.6 is 0 Å². The summed E-state index contributed by atoms with van der Waals surface area (Å²) >= 11 is 0. The van der Waals surface area contributed by atoms with Crippen molar-refractivity contribution in [2.24, 2.45) is 22.5 Å². The third kappa shape index (κ3) is 3.47. The average Bonchev–Trinajstić information content (AvgIpc) is 2.29. The molecule has 3 N–H and O–H groups in total. The molecular formula is C15H30N2O. The molecule has 1 amide bonds. The van der Waals surface area contributed by atoms with Gasteiger partial charge in [0.1, 0.15) is 0 Å². The van der Waals surface area contributed by atoms with Crippen LogP contribution in [0.5, 0.6) is 0 Å². The lowest BCUT2D eigenvalue weighted by atomic mass is 9.70. The highest BCUT2D eigenvalue weighted by Gasteiger charge is 2.40. The van der Waals surface area contributed by atoms with Crippen LogP contribution in [0, 0.1) is 16.7 Å². The second-order valence-electron chi connectivity index (χ2n) is 7.23. The molecule has 0 aromatic heterocycles. The van der Waals surface area contributed by atoms with E-state index >= 15 is 0 Å². The smallest absolute Gasteiger partial charge is 0.227 e. The average molecular weight is 254 g/mol. The van der Waals surface area contributed by atoms with Gasteiger partial charge >= 0.3 is 0 Å². The zero-order chi connectivity index (χ0) is 14.0. The first-order valence-corrected chi connectivity index (χ1v) is 7.22. The Morgan fingerprint density at radius 2 is 1.89 bits per heavy atom. The Labute approximate surface area is 112 Å². The molecule has 0 saturated heterocycles. The van der Waals surface area contributed by atoms with Crippen molar-refractivity contribution in [2.75, 3.05) is 6.54 Å². The molecule has 0 spiro atoms. The van der Waals surface area contributed by atoms with Crippen molar-refractivity contribution in [3.05, 3.63) is 0 Å². The van der Waals surface area contributed by atoms with Gasteiger partial charge in [-0.25, -0.2) is 0 Å². The van der Waals surface area contributed by atoms with Gasteiger partial charge in [0.15, 0.2) is 0 Å². The van der Waals surface area contributed by atoms with Crippen LogP contribution in [0.2, 0.25) is 0 Å². The fourth-order valence-corrected chi connectivity index (χ4v) is 2.40. The van der Waals surface area contributed by atoms with Gasteiger partial charge in [0.05, 0.1) is 5.41 Å². The van der Waals surface area contributed by atoms with Gasteiger partial charge < -0.3 is 11.1 Å². The molecule has 1 atom stereocenters. The molecule has 1 aliphatic rings. The Morgan fingerprint density at radius 3 is 2.28 bits per heavy atom. The Kier molecular flexibility index (Phi) is 4.82.